The van der Waals surface area contributed by atoms with Crippen LogP contribution in [0.4, 0.5) is 0 Å². The molecule has 0 aliphatic rings. The lowest BCUT2D eigenvalue weighted by atomic mass is 9.98. The molecule has 0 saturated carbocycles. The molecule has 2 nitrogen and oxygen atoms in total. The van der Waals surface area contributed by atoms with Crippen molar-refractivity contribution in [2.24, 2.45) is 5.92 Å². The third-order valence-electron chi connectivity index (χ3n) is 3.29. The summed E-state index contributed by atoms with van der Waals surface area (Å²) in [4.78, 5) is 0. The van der Waals surface area contributed by atoms with Gasteiger partial charge in [-0.1, -0.05) is 41.7 Å². The maximum absolute atomic E-state index is 6.18. The second-order valence-corrected chi connectivity index (χ2v) is 6.27. The number of halogens is 3. The Hall–Kier alpha value is 0.01000. The second kappa shape index (κ2) is 9.86. The van der Waals surface area contributed by atoms with E-state index in [0.717, 1.165) is 44.5 Å². The Bertz CT molecular complexity index is 389. The van der Waals surface area contributed by atoms with E-state index in [1.165, 1.54) is 0 Å². The Morgan fingerprint density at radius 1 is 1.10 bits per heavy atom. The van der Waals surface area contributed by atoms with E-state index in [1.807, 2.05) is 0 Å². The molecule has 0 saturated heterocycles. The fourth-order valence-electron chi connectivity index (χ4n) is 1.99. The van der Waals surface area contributed by atoms with Gasteiger partial charge in [0.2, 0.25) is 0 Å². The summed E-state index contributed by atoms with van der Waals surface area (Å²) in [6.07, 6.45) is 3.08. The highest BCUT2D eigenvalue weighted by molar-refractivity contribution is 6.39. The summed E-state index contributed by atoms with van der Waals surface area (Å²) >= 11 is 18.3. The van der Waals surface area contributed by atoms with E-state index in [9.17, 15) is 0 Å². The fraction of sp³-hybridized carbons (Fsp3) is 0.600. The Kier molecular flexibility index (Phi) is 8.90. The molecule has 0 spiro atoms. The van der Waals surface area contributed by atoms with Crippen LogP contribution in [-0.4, -0.2) is 26.8 Å². The Morgan fingerprint density at radius 2 is 1.75 bits per heavy atom. The molecule has 114 valence electrons. The third kappa shape index (κ3) is 6.64. The van der Waals surface area contributed by atoms with Gasteiger partial charge in [-0.15, -0.1) is 0 Å². The highest BCUT2D eigenvalue weighted by atomic mass is 35.5. The molecule has 0 radical (unpaired) electrons. The molecule has 0 aromatic heterocycles. The number of rotatable bonds is 9. The topological polar surface area (TPSA) is 21.3 Å². The van der Waals surface area contributed by atoms with Crippen molar-refractivity contribution in [2.75, 3.05) is 26.8 Å². The van der Waals surface area contributed by atoms with Crippen molar-refractivity contribution in [3.8, 4) is 0 Å². The lowest BCUT2D eigenvalue weighted by Gasteiger charge is -2.13. The summed E-state index contributed by atoms with van der Waals surface area (Å²) in [5.74, 6) is 0.618. The maximum atomic E-state index is 6.18. The van der Waals surface area contributed by atoms with Crippen LogP contribution < -0.4 is 5.32 Å². The predicted molar refractivity (Wildman–Crippen MR) is 88.3 cm³/mol. The van der Waals surface area contributed by atoms with E-state index >= 15 is 0 Å². The summed E-state index contributed by atoms with van der Waals surface area (Å²) in [6.45, 7) is 4.91. The van der Waals surface area contributed by atoms with Gasteiger partial charge in [-0.05, 0) is 49.4 Å². The Morgan fingerprint density at radius 3 is 2.35 bits per heavy atom. The van der Waals surface area contributed by atoms with Gasteiger partial charge in [0.25, 0.3) is 0 Å². The molecular weight excluding hydrogens is 317 g/mol. The molecule has 1 N–H and O–H groups in total. The Labute approximate surface area is 136 Å². The fourth-order valence-corrected chi connectivity index (χ4v) is 3.00. The second-order valence-electron chi connectivity index (χ2n) is 5.02. The van der Waals surface area contributed by atoms with Gasteiger partial charge in [-0.2, -0.15) is 0 Å². The van der Waals surface area contributed by atoms with E-state index in [4.69, 9.17) is 39.5 Å². The molecule has 5 heteroatoms. The first-order valence-corrected chi connectivity index (χ1v) is 8.01. The summed E-state index contributed by atoms with van der Waals surface area (Å²) < 4.78 is 4.99. The SMILES string of the molecule is COCCNCCC(C)CCc1c(Cl)cc(Cl)cc1Cl. The van der Waals surface area contributed by atoms with E-state index in [1.54, 1.807) is 19.2 Å². The highest BCUT2D eigenvalue weighted by Crippen LogP contribution is 2.30. The van der Waals surface area contributed by atoms with Crippen molar-refractivity contribution in [1.82, 2.24) is 5.32 Å². The lowest BCUT2D eigenvalue weighted by Crippen LogP contribution is -2.21. The molecular formula is C15H22Cl3NO. The van der Waals surface area contributed by atoms with Crippen LogP contribution in [0, 0.1) is 5.92 Å². The smallest absolute Gasteiger partial charge is 0.0587 e. The summed E-state index contributed by atoms with van der Waals surface area (Å²) in [7, 11) is 1.71. The lowest BCUT2D eigenvalue weighted by molar-refractivity contribution is 0.199. The number of hydrogen-bond donors (Lipinski definition) is 1. The van der Waals surface area contributed by atoms with Gasteiger partial charge in [0.05, 0.1) is 6.61 Å². The molecule has 0 bridgehead atoms. The first kappa shape index (κ1) is 18.1. The minimum atomic E-state index is 0.583. The van der Waals surface area contributed by atoms with Crippen molar-refractivity contribution < 1.29 is 4.74 Å². The standard InChI is InChI=1S/C15H22Cl3NO/c1-11(5-6-19-7-8-20-2)3-4-13-14(17)9-12(16)10-15(13)18/h9-11,19H,3-8H2,1-2H3. The quantitative estimate of drug-likeness (QED) is 0.650. The molecule has 0 amide bonds. The molecule has 1 atom stereocenters. The van der Waals surface area contributed by atoms with Gasteiger partial charge in [0, 0.05) is 28.7 Å². The van der Waals surface area contributed by atoms with Crippen LogP contribution in [-0.2, 0) is 11.2 Å². The molecule has 0 fully saturated rings. The molecule has 0 aliphatic carbocycles. The number of nitrogens with one attached hydrogen (secondary N) is 1. The van der Waals surface area contributed by atoms with Gasteiger partial charge in [-0.3, -0.25) is 0 Å². The predicted octanol–water partition coefficient (Wildman–Crippen LogP) is 4.84. The van der Waals surface area contributed by atoms with Crippen LogP contribution in [0.1, 0.15) is 25.3 Å². The molecule has 1 aromatic carbocycles. The van der Waals surface area contributed by atoms with Crippen molar-refractivity contribution in [3.05, 3.63) is 32.8 Å². The van der Waals surface area contributed by atoms with Crippen molar-refractivity contribution in [2.45, 2.75) is 26.2 Å². The number of ether oxygens (including phenoxy) is 1. The average molecular weight is 339 g/mol. The zero-order valence-corrected chi connectivity index (χ0v) is 14.3. The van der Waals surface area contributed by atoms with Gasteiger partial charge in [0.1, 0.15) is 0 Å². The van der Waals surface area contributed by atoms with Crippen LogP contribution in [0.3, 0.4) is 0 Å². The molecule has 1 aromatic rings. The maximum Gasteiger partial charge on any atom is 0.0587 e. The first-order chi connectivity index (χ1) is 9.54. The highest BCUT2D eigenvalue weighted by Gasteiger charge is 2.10. The summed E-state index contributed by atoms with van der Waals surface area (Å²) in [5.41, 5.74) is 0.997. The summed E-state index contributed by atoms with van der Waals surface area (Å²) in [6, 6.07) is 3.50. The van der Waals surface area contributed by atoms with Crippen LogP contribution in [0.5, 0.6) is 0 Å². The van der Waals surface area contributed by atoms with Crippen molar-refractivity contribution >= 4 is 34.8 Å². The number of methoxy groups -OCH3 is 1. The van der Waals surface area contributed by atoms with Crippen LogP contribution >= 0.6 is 34.8 Å². The van der Waals surface area contributed by atoms with E-state index in [-0.39, 0.29) is 0 Å². The number of hydrogen-bond acceptors (Lipinski definition) is 2. The van der Waals surface area contributed by atoms with Gasteiger partial charge >= 0.3 is 0 Å². The minimum absolute atomic E-state index is 0.583. The molecule has 1 rings (SSSR count). The van der Waals surface area contributed by atoms with Crippen molar-refractivity contribution in [3.63, 3.8) is 0 Å². The zero-order chi connectivity index (χ0) is 15.0. The van der Waals surface area contributed by atoms with Crippen LogP contribution in [0.15, 0.2) is 12.1 Å². The zero-order valence-electron chi connectivity index (χ0n) is 12.0. The van der Waals surface area contributed by atoms with Gasteiger partial charge < -0.3 is 10.1 Å². The molecule has 0 aliphatic heterocycles. The normalized spacial score (nSPS) is 12.7. The van der Waals surface area contributed by atoms with Crippen LogP contribution in [0.2, 0.25) is 15.1 Å². The minimum Gasteiger partial charge on any atom is -0.383 e. The van der Waals surface area contributed by atoms with E-state index in [0.29, 0.717) is 21.0 Å². The molecule has 0 heterocycles. The largest absolute Gasteiger partial charge is 0.383 e. The summed E-state index contributed by atoms with van der Waals surface area (Å²) in [5, 5.41) is 5.25. The van der Waals surface area contributed by atoms with Gasteiger partial charge in [0.15, 0.2) is 0 Å². The number of benzene rings is 1. The first-order valence-electron chi connectivity index (χ1n) is 6.87. The molecule has 1 unspecified atom stereocenters. The van der Waals surface area contributed by atoms with Crippen molar-refractivity contribution in [1.29, 1.82) is 0 Å². The van der Waals surface area contributed by atoms with E-state index in [2.05, 4.69) is 12.2 Å². The van der Waals surface area contributed by atoms with E-state index < -0.39 is 0 Å². The Balaban J connectivity index is 2.32. The molecule has 20 heavy (non-hydrogen) atoms. The van der Waals surface area contributed by atoms with Gasteiger partial charge in [-0.25, -0.2) is 0 Å². The van der Waals surface area contributed by atoms with Crippen LogP contribution in [0.25, 0.3) is 0 Å². The monoisotopic (exact) mass is 337 g/mol. The third-order valence-corrected chi connectivity index (χ3v) is 4.18. The average Bonchev–Trinajstić information content (AvgIpc) is 2.37.